The van der Waals surface area contributed by atoms with Gasteiger partial charge in [-0.15, -0.1) is 0 Å². The molecule has 0 bridgehead atoms. The molecule has 0 aromatic carbocycles. The third-order valence-electron chi connectivity index (χ3n) is 2.82. The van der Waals surface area contributed by atoms with Gasteiger partial charge < -0.3 is 4.84 Å². The molecule has 0 atom stereocenters. The lowest BCUT2D eigenvalue weighted by Gasteiger charge is -2.06. The molecule has 0 unspecified atom stereocenters. The maximum absolute atomic E-state index is 11.8. The molecule has 20 heavy (non-hydrogen) atoms. The highest BCUT2D eigenvalue weighted by molar-refractivity contribution is 5.94. The summed E-state index contributed by atoms with van der Waals surface area (Å²) in [6.07, 6.45) is 0.325. The van der Waals surface area contributed by atoms with Crippen LogP contribution >= 0.6 is 0 Å². The summed E-state index contributed by atoms with van der Waals surface area (Å²) in [5.74, 6) is -0.632. The predicted octanol–water partition coefficient (Wildman–Crippen LogP) is 3.03. The number of nitrogens with one attached hydrogen (secondary N) is 1. The second-order valence-corrected chi connectivity index (χ2v) is 5.08. The van der Waals surface area contributed by atoms with Crippen LogP contribution in [-0.4, -0.2) is 11.9 Å². The summed E-state index contributed by atoms with van der Waals surface area (Å²) in [6, 6.07) is 13.1. The Hall–Kier alpha value is -2.36. The molecule has 0 fully saturated rings. The number of fused-ring (bicyclic) bond motifs is 1. The number of carbonyl (C=O) groups excluding carboxylic acids is 2. The zero-order valence-electron chi connectivity index (χ0n) is 11.6. The molecule has 4 nitrogen and oxygen atoms in total. The van der Waals surface area contributed by atoms with Crippen molar-refractivity contribution in [1.82, 2.24) is 5.48 Å². The maximum atomic E-state index is 11.8. The van der Waals surface area contributed by atoms with Crippen molar-refractivity contribution in [2.75, 3.05) is 0 Å². The lowest BCUT2D eigenvalue weighted by Crippen LogP contribution is -2.27. The first-order valence-corrected chi connectivity index (χ1v) is 6.55. The minimum absolute atomic E-state index is 0.218. The largest absolute Gasteiger partial charge is 0.362 e. The van der Waals surface area contributed by atoms with Crippen LogP contribution < -0.4 is 5.48 Å². The van der Waals surface area contributed by atoms with Gasteiger partial charge in [-0.1, -0.05) is 44.2 Å². The number of hydrogen-bond donors (Lipinski definition) is 1. The number of rotatable bonds is 3. The van der Waals surface area contributed by atoms with E-state index in [-0.39, 0.29) is 11.8 Å². The fourth-order valence-corrected chi connectivity index (χ4v) is 1.91. The van der Waals surface area contributed by atoms with E-state index in [1.807, 2.05) is 44.2 Å². The molecule has 2 aliphatic rings. The average Bonchev–Trinajstić information content (AvgIpc) is 2.67. The minimum atomic E-state index is -0.555. The van der Waals surface area contributed by atoms with Gasteiger partial charge in [0.1, 0.15) is 0 Å². The smallest absolute Gasteiger partial charge is 0.335 e. The Morgan fingerprint density at radius 2 is 1.70 bits per heavy atom. The minimum Gasteiger partial charge on any atom is -0.335 e. The lowest BCUT2D eigenvalue weighted by atomic mass is 10.1. The fourth-order valence-electron chi connectivity index (χ4n) is 1.91. The van der Waals surface area contributed by atoms with Gasteiger partial charge in [0.15, 0.2) is 0 Å². The van der Waals surface area contributed by atoms with Gasteiger partial charge in [-0.3, -0.25) is 4.79 Å². The van der Waals surface area contributed by atoms with Crippen LogP contribution in [0.2, 0.25) is 0 Å². The first kappa shape index (κ1) is 14.1. The summed E-state index contributed by atoms with van der Waals surface area (Å²) >= 11 is 0. The lowest BCUT2D eigenvalue weighted by molar-refractivity contribution is -0.130. The van der Waals surface area contributed by atoms with E-state index in [0.29, 0.717) is 12.0 Å². The fraction of sp³-hybridized carbons (Fsp3) is 0.250. The van der Waals surface area contributed by atoms with Crippen molar-refractivity contribution < 1.29 is 14.4 Å². The summed E-state index contributed by atoms with van der Waals surface area (Å²) in [6.45, 7) is 3.84. The van der Waals surface area contributed by atoms with E-state index < -0.39 is 5.97 Å². The van der Waals surface area contributed by atoms with Crippen molar-refractivity contribution in [3.05, 3.63) is 48.0 Å². The van der Waals surface area contributed by atoms with E-state index in [1.54, 1.807) is 12.1 Å². The summed E-state index contributed by atoms with van der Waals surface area (Å²) in [5.41, 5.74) is 4.51. The molecule has 0 heterocycles. The Labute approximate surface area is 118 Å². The average molecular weight is 271 g/mol. The van der Waals surface area contributed by atoms with E-state index in [4.69, 9.17) is 4.84 Å². The predicted molar refractivity (Wildman–Crippen MR) is 76.1 cm³/mol. The van der Waals surface area contributed by atoms with Crippen LogP contribution in [0.3, 0.4) is 0 Å². The van der Waals surface area contributed by atoms with Crippen LogP contribution in [0.1, 0.15) is 30.6 Å². The van der Waals surface area contributed by atoms with Crippen LogP contribution in [0.15, 0.2) is 42.5 Å². The van der Waals surface area contributed by atoms with Crippen molar-refractivity contribution >= 4 is 11.9 Å². The van der Waals surface area contributed by atoms with Crippen LogP contribution in [0.25, 0.3) is 11.1 Å². The quantitative estimate of drug-likeness (QED) is 0.873. The van der Waals surface area contributed by atoms with E-state index in [9.17, 15) is 9.59 Å². The molecule has 0 spiro atoms. The normalized spacial score (nSPS) is 10.6. The third-order valence-corrected chi connectivity index (χ3v) is 2.82. The van der Waals surface area contributed by atoms with Crippen molar-refractivity contribution in [3.63, 3.8) is 0 Å². The van der Waals surface area contributed by atoms with Gasteiger partial charge in [-0.25, -0.2) is 4.79 Å². The van der Waals surface area contributed by atoms with Crippen molar-refractivity contribution in [3.8, 4) is 11.1 Å². The summed E-state index contributed by atoms with van der Waals surface area (Å²) in [4.78, 5) is 28.1. The Balaban J connectivity index is 2.02. The molecule has 1 amide bonds. The molecule has 0 aromatic heterocycles. The number of amides is 1. The highest BCUT2D eigenvalue weighted by atomic mass is 16.7. The molecule has 0 saturated carbocycles. The zero-order chi connectivity index (χ0) is 14.5. The van der Waals surface area contributed by atoms with Gasteiger partial charge in [-0.05, 0) is 29.2 Å². The molecule has 0 aliphatic heterocycles. The highest BCUT2D eigenvalue weighted by Crippen LogP contribution is 2.24. The van der Waals surface area contributed by atoms with Gasteiger partial charge in [0.05, 0.1) is 5.56 Å². The summed E-state index contributed by atoms with van der Waals surface area (Å²) in [5, 5.41) is 0. The number of hydrogen-bond acceptors (Lipinski definition) is 3. The number of hydroxylamine groups is 1. The molecule has 104 valence electrons. The second-order valence-electron chi connectivity index (χ2n) is 5.08. The molecule has 1 N–H and O–H groups in total. The van der Waals surface area contributed by atoms with Gasteiger partial charge in [0.2, 0.25) is 0 Å². The molecule has 0 radical (unpaired) electrons. The molecule has 0 aromatic rings. The van der Waals surface area contributed by atoms with E-state index in [2.05, 4.69) is 5.48 Å². The third kappa shape index (κ3) is 3.57. The molecular weight excluding hydrogens is 254 g/mol. The van der Waals surface area contributed by atoms with Gasteiger partial charge >= 0.3 is 5.97 Å². The molecule has 2 rings (SSSR count). The Morgan fingerprint density at radius 1 is 1.10 bits per heavy atom. The first-order chi connectivity index (χ1) is 9.56. The van der Waals surface area contributed by atoms with Crippen molar-refractivity contribution in [2.24, 2.45) is 5.92 Å². The van der Waals surface area contributed by atoms with Crippen LogP contribution in [-0.2, 0) is 9.63 Å². The molecule has 2 aliphatic carbocycles. The topological polar surface area (TPSA) is 55.4 Å². The monoisotopic (exact) mass is 271 g/mol. The van der Waals surface area contributed by atoms with E-state index >= 15 is 0 Å². The Kier molecular flexibility index (Phi) is 4.35. The molecule has 4 heteroatoms. The van der Waals surface area contributed by atoms with Gasteiger partial charge in [0, 0.05) is 6.42 Å². The van der Waals surface area contributed by atoms with Crippen molar-refractivity contribution in [2.45, 2.75) is 20.3 Å². The van der Waals surface area contributed by atoms with Crippen LogP contribution in [0.4, 0.5) is 0 Å². The summed E-state index contributed by atoms with van der Waals surface area (Å²) < 4.78 is 0. The second kappa shape index (κ2) is 6.19. The van der Waals surface area contributed by atoms with E-state index in [1.165, 1.54) is 0 Å². The van der Waals surface area contributed by atoms with Gasteiger partial charge in [-0.2, -0.15) is 5.48 Å². The zero-order valence-corrected chi connectivity index (χ0v) is 11.6. The molecule has 0 saturated heterocycles. The SMILES string of the molecule is CC(C)CC(=O)NOC(=O)c1cc2cccccc-2c1. The van der Waals surface area contributed by atoms with Crippen LogP contribution in [0.5, 0.6) is 0 Å². The maximum Gasteiger partial charge on any atom is 0.362 e. The van der Waals surface area contributed by atoms with E-state index in [0.717, 1.165) is 11.1 Å². The molecular formula is C16H17NO3. The van der Waals surface area contributed by atoms with Gasteiger partial charge in [0.25, 0.3) is 5.91 Å². The Morgan fingerprint density at radius 3 is 2.25 bits per heavy atom. The number of carbonyl (C=O) groups is 2. The Bertz CT molecular complexity index is 561. The standard InChI is InChI=1S/C16H17NO3/c1-11(2)8-15(18)17-20-16(19)14-9-12-6-4-3-5-7-13(12)10-14/h3-7,9-11H,8H2,1-2H3,(H,17,18). The first-order valence-electron chi connectivity index (χ1n) is 6.55. The summed E-state index contributed by atoms with van der Waals surface area (Å²) in [7, 11) is 0. The highest BCUT2D eigenvalue weighted by Gasteiger charge is 2.14. The van der Waals surface area contributed by atoms with Crippen molar-refractivity contribution in [1.29, 1.82) is 0 Å². The van der Waals surface area contributed by atoms with Crippen LogP contribution in [0, 0.1) is 5.92 Å².